The van der Waals surface area contributed by atoms with Gasteiger partial charge >= 0.3 is 0 Å². The van der Waals surface area contributed by atoms with Gasteiger partial charge in [0.2, 0.25) is 5.91 Å². The summed E-state index contributed by atoms with van der Waals surface area (Å²) in [6.07, 6.45) is 4.33. The second kappa shape index (κ2) is 8.10. The molecule has 7 nitrogen and oxygen atoms in total. The van der Waals surface area contributed by atoms with Crippen LogP contribution in [-0.2, 0) is 9.53 Å². The second-order valence-corrected chi connectivity index (χ2v) is 6.04. The van der Waals surface area contributed by atoms with E-state index in [9.17, 15) is 9.59 Å². The van der Waals surface area contributed by atoms with Crippen LogP contribution in [0.5, 0.6) is 0 Å². The van der Waals surface area contributed by atoms with Crippen molar-refractivity contribution in [2.45, 2.75) is 31.3 Å². The van der Waals surface area contributed by atoms with Crippen molar-refractivity contribution in [2.75, 3.05) is 39.6 Å². The molecule has 0 bridgehead atoms. The molecule has 1 saturated heterocycles. The molecule has 1 aromatic rings. The number of amides is 2. The zero-order valence-electron chi connectivity index (χ0n) is 14.6. The first kappa shape index (κ1) is 18.2. The highest BCUT2D eigenvalue weighted by Gasteiger charge is 2.38. The average molecular weight is 334 g/mol. The number of aromatic nitrogens is 1. The first-order chi connectivity index (χ1) is 11.5. The number of hydrogen-bond donors (Lipinski definition) is 2. The smallest absolute Gasteiger partial charge is 0.257 e. The number of nitrogens with zero attached hydrogens (tertiary/aromatic N) is 2. The molecular weight excluding hydrogens is 308 g/mol. The van der Waals surface area contributed by atoms with Crippen molar-refractivity contribution in [3.63, 3.8) is 0 Å². The van der Waals surface area contributed by atoms with E-state index in [1.54, 1.807) is 44.4 Å². The fourth-order valence-corrected chi connectivity index (χ4v) is 3.16. The predicted molar refractivity (Wildman–Crippen MR) is 92.0 cm³/mol. The minimum atomic E-state index is -0.470. The maximum atomic E-state index is 12.9. The van der Waals surface area contributed by atoms with E-state index in [4.69, 9.17) is 4.74 Å². The summed E-state index contributed by atoms with van der Waals surface area (Å²) in [5.41, 5.74) is 0.0841. The molecule has 2 heterocycles. The van der Waals surface area contributed by atoms with Crippen LogP contribution < -0.4 is 10.6 Å². The highest BCUT2D eigenvalue weighted by Crippen LogP contribution is 2.30. The van der Waals surface area contributed by atoms with E-state index in [0.717, 1.165) is 12.8 Å². The van der Waals surface area contributed by atoms with Crippen molar-refractivity contribution in [2.24, 2.45) is 0 Å². The van der Waals surface area contributed by atoms with Crippen LogP contribution in [0.25, 0.3) is 0 Å². The van der Waals surface area contributed by atoms with Gasteiger partial charge in [0, 0.05) is 46.9 Å². The Kier molecular flexibility index (Phi) is 6.14. The topological polar surface area (TPSA) is 83.6 Å². The summed E-state index contributed by atoms with van der Waals surface area (Å²) >= 11 is 0. The number of carbonyl (C=O) groups is 2. The van der Waals surface area contributed by atoms with Crippen LogP contribution >= 0.6 is 0 Å². The van der Waals surface area contributed by atoms with Gasteiger partial charge in [-0.05, 0) is 31.4 Å². The molecule has 1 fully saturated rings. The minimum Gasteiger partial charge on any atom is -0.376 e. The lowest BCUT2D eigenvalue weighted by Gasteiger charge is -2.42. The quantitative estimate of drug-likeness (QED) is 0.818. The number of ether oxygens (including phenoxy) is 1. The van der Waals surface area contributed by atoms with E-state index in [1.165, 1.54) is 0 Å². The lowest BCUT2D eigenvalue weighted by Crippen LogP contribution is -2.51. The molecule has 2 N–H and O–H groups in total. The van der Waals surface area contributed by atoms with E-state index in [1.807, 2.05) is 0 Å². The molecule has 1 atom stereocenters. The lowest BCUT2D eigenvalue weighted by molar-refractivity contribution is -0.123. The monoisotopic (exact) mass is 334 g/mol. The van der Waals surface area contributed by atoms with Crippen molar-refractivity contribution in [3.8, 4) is 0 Å². The molecule has 0 saturated carbocycles. The van der Waals surface area contributed by atoms with Crippen molar-refractivity contribution >= 4 is 17.6 Å². The van der Waals surface area contributed by atoms with E-state index in [2.05, 4.69) is 15.6 Å². The van der Waals surface area contributed by atoms with Crippen LogP contribution in [0.4, 0.5) is 5.82 Å². The third-order valence-electron chi connectivity index (χ3n) is 4.62. The van der Waals surface area contributed by atoms with Crippen molar-refractivity contribution in [1.82, 2.24) is 15.2 Å². The van der Waals surface area contributed by atoms with E-state index < -0.39 is 5.60 Å². The van der Waals surface area contributed by atoms with E-state index in [-0.39, 0.29) is 11.8 Å². The molecule has 0 radical (unpaired) electrons. The number of likely N-dealkylation sites (tertiary alicyclic amines) is 1. The Labute approximate surface area is 142 Å². The molecule has 1 aliphatic rings. The van der Waals surface area contributed by atoms with Gasteiger partial charge in [-0.15, -0.1) is 0 Å². The van der Waals surface area contributed by atoms with E-state index in [0.29, 0.717) is 37.3 Å². The first-order valence-corrected chi connectivity index (χ1v) is 8.23. The van der Waals surface area contributed by atoms with Crippen molar-refractivity contribution in [1.29, 1.82) is 0 Å². The summed E-state index contributed by atoms with van der Waals surface area (Å²) in [5, 5.41) is 5.58. The third kappa shape index (κ3) is 4.03. The SMILES string of the molecule is CNC(=O)CC[C@@]1(OC)CCCN(C(=O)c2cccnc2NC)C1. The summed E-state index contributed by atoms with van der Waals surface area (Å²) in [5.74, 6) is 0.495. The number of anilines is 1. The molecule has 2 amide bonds. The Morgan fingerprint density at radius 1 is 1.42 bits per heavy atom. The molecular formula is C17H26N4O3. The van der Waals surface area contributed by atoms with Gasteiger partial charge in [-0.25, -0.2) is 4.98 Å². The van der Waals surface area contributed by atoms with Gasteiger partial charge in [-0.3, -0.25) is 9.59 Å². The van der Waals surface area contributed by atoms with Gasteiger partial charge in [-0.1, -0.05) is 0 Å². The van der Waals surface area contributed by atoms with Crippen LogP contribution in [-0.4, -0.2) is 61.6 Å². The highest BCUT2D eigenvalue weighted by molar-refractivity contribution is 5.98. The number of rotatable bonds is 6. The van der Waals surface area contributed by atoms with Gasteiger partial charge in [-0.2, -0.15) is 0 Å². The summed E-state index contributed by atoms with van der Waals surface area (Å²) < 4.78 is 5.74. The number of nitrogens with one attached hydrogen (secondary N) is 2. The van der Waals surface area contributed by atoms with Crippen molar-refractivity contribution < 1.29 is 14.3 Å². The Balaban J connectivity index is 2.13. The Morgan fingerprint density at radius 3 is 2.88 bits per heavy atom. The zero-order chi connectivity index (χ0) is 17.6. The summed E-state index contributed by atoms with van der Waals surface area (Å²) in [6.45, 7) is 1.17. The normalized spacial score (nSPS) is 20.5. The molecule has 7 heteroatoms. The van der Waals surface area contributed by atoms with Gasteiger partial charge in [0.1, 0.15) is 5.82 Å². The number of piperidine rings is 1. The summed E-state index contributed by atoms with van der Waals surface area (Å²) in [4.78, 5) is 30.5. The predicted octanol–water partition coefficient (Wildman–Crippen LogP) is 1.27. The van der Waals surface area contributed by atoms with Crippen molar-refractivity contribution in [3.05, 3.63) is 23.9 Å². The molecule has 24 heavy (non-hydrogen) atoms. The fraction of sp³-hybridized carbons (Fsp3) is 0.588. The minimum absolute atomic E-state index is 0.0143. The maximum Gasteiger partial charge on any atom is 0.257 e. The number of carbonyl (C=O) groups excluding carboxylic acids is 2. The van der Waals surface area contributed by atoms with Gasteiger partial charge in [0.15, 0.2) is 0 Å². The standard InChI is InChI=1S/C17H26N4O3/c1-18-14(22)7-9-17(24-3)8-5-11-21(12-17)16(23)13-6-4-10-20-15(13)19-2/h4,6,10H,5,7-9,11-12H2,1-3H3,(H,18,22)(H,19,20)/t17-/m0/s1. The first-order valence-electron chi connectivity index (χ1n) is 8.23. The largest absolute Gasteiger partial charge is 0.376 e. The van der Waals surface area contributed by atoms with E-state index >= 15 is 0 Å². The zero-order valence-corrected chi connectivity index (χ0v) is 14.6. The Bertz CT molecular complexity index is 593. The van der Waals surface area contributed by atoms with Gasteiger partial charge in [0.25, 0.3) is 5.91 Å². The van der Waals surface area contributed by atoms with Crippen LogP contribution in [0.2, 0.25) is 0 Å². The Morgan fingerprint density at radius 2 is 2.21 bits per heavy atom. The number of pyridine rings is 1. The highest BCUT2D eigenvalue weighted by atomic mass is 16.5. The average Bonchev–Trinajstić information content (AvgIpc) is 2.65. The number of hydrogen-bond acceptors (Lipinski definition) is 5. The lowest BCUT2D eigenvalue weighted by atomic mass is 9.87. The fourth-order valence-electron chi connectivity index (χ4n) is 3.16. The van der Waals surface area contributed by atoms with Crippen LogP contribution in [0.3, 0.4) is 0 Å². The molecule has 0 unspecified atom stereocenters. The van der Waals surface area contributed by atoms with Gasteiger partial charge in [0.05, 0.1) is 11.2 Å². The molecule has 132 valence electrons. The second-order valence-electron chi connectivity index (χ2n) is 6.04. The summed E-state index contributed by atoms with van der Waals surface area (Å²) in [7, 11) is 5.03. The maximum absolute atomic E-state index is 12.9. The summed E-state index contributed by atoms with van der Waals surface area (Å²) in [6, 6.07) is 3.53. The van der Waals surface area contributed by atoms with Gasteiger partial charge < -0.3 is 20.3 Å². The molecule has 0 spiro atoms. The molecule has 1 aliphatic heterocycles. The van der Waals surface area contributed by atoms with Crippen LogP contribution in [0, 0.1) is 0 Å². The third-order valence-corrected chi connectivity index (χ3v) is 4.62. The molecule has 2 rings (SSSR count). The Hall–Kier alpha value is -2.15. The molecule has 0 aromatic carbocycles. The van der Waals surface area contributed by atoms with Crippen LogP contribution in [0.1, 0.15) is 36.0 Å². The molecule has 1 aromatic heterocycles. The van der Waals surface area contributed by atoms with Crippen LogP contribution in [0.15, 0.2) is 18.3 Å². The molecule has 0 aliphatic carbocycles. The number of methoxy groups -OCH3 is 1.